The topological polar surface area (TPSA) is 42.2 Å². The Morgan fingerprint density at radius 1 is 0.917 bits per heavy atom. The van der Waals surface area contributed by atoms with Crippen LogP contribution >= 0.6 is 15.9 Å². The van der Waals surface area contributed by atoms with E-state index in [-0.39, 0.29) is 5.91 Å². The Hall–Kier alpha value is -2.59. The number of fused-ring (bicyclic) bond motifs is 3. The maximum absolute atomic E-state index is 12.3. The number of hydrogen-bond donors (Lipinski definition) is 1. The maximum Gasteiger partial charge on any atom is 0.228 e. The van der Waals surface area contributed by atoms with Crippen LogP contribution in [0.3, 0.4) is 0 Å². The largest absolute Gasteiger partial charge is 0.456 e. The average Bonchev–Trinajstić information content (AvgIpc) is 2.95. The van der Waals surface area contributed by atoms with E-state index in [9.17, 15) is 4.79 Å². The molecular formula is C20H14BrNO2. The molecule has 118 valence electrons. The van der Waals surface area contributed by atoms with Crippen LogP contribution in [0, 0.1) is 0 Å². The molecule has 3 aromatic carbocycles. The highest BCUT2D eigenvalue weighted by Gasteiger charge is 2.09. The lowest BCUT2D eigenvalue weighted by Gasteiger charge is -2.05. The normalized spacial score (nSPS) is 11.0. The molecule has 0 radical (unpaired) electrons. The fraction of sp³-hybridized carbons (Fsp3) is 0.0500. The summed E-state index contributed by atoms with van der Waals surface area (Å²) >= 11 is 3.39. The number of carbonyl (C=O) groups excluding carboxylic acids is 1. The molecule has 4 aromatic rings. The molecule has 0 atom stereocenters. The highest BCUT2D eigenvalue weighted by atomic mass is 79.9. The van der Waals surface area contributed by atoms with Gasteiger partial charge in [-0.2, -0.15) is 0 Å². The van der Waals surface area contributed by atoms with E-state index in [0.29, 0.717) is 6.42 Å². The molecule has 1 N–H and O–H groups in total. The van der Waals surface area contributed by atoms with Gasteiger partial charge in [0.15, 0.2) is 0 Å². The molecule has 0 saturated carbocycles. The molecule has 1 aromatic heterocycles. The highest BCUT2D eigenvalue weighted by molar-refractivity contribution is 9.10. The molecule has 0 aliphatic rings. The fourth-order valence-electron chi connectivity index (χ4n) is 2.80. The Labute approximate surface area is 147 Å². The van der Waals surface area contributed by atoms with Gasteiger partial charge in [-0.25, -0.2) is 0 Å². The number of para-hydroxylation sites is 1. The van der Waals surface area contributed by atoms with Crippen molar-refractivity contribution in [3.05, 3.63) is 76.8 Å². The van der Waals surface area contributed by atoms with Gasteiger partial charge in [0.25, 0.3) is 0 Å². The number of carbonyl (C=O) groups is 1. The predicted octanol–water partition coefficient (Wildman–Crippen LogP) is 5.53. The van der Waals surface area contributed by atoms with Crippen LogP contribution in [0.15, 0.2) is 75.6 Å². The number of halogens is 1. The zero-order valence-electron chi connectivity index (χ0n) is 12.8. The summed E-state index contributed by atoms with van der Waals surface area (Å²) in [6.07, 6.45) is 0.345. The zero-order chi connectivity index (χ0) is 16.5. The van der Waals surface area contributed by atoms with Crippen LogP contribution in [-0.2, 0) is 11.2 Å². The Morgan fingerprint density at radius 2 is 1.67 bits per heavy atom. The minimum absolute atomic E-state index is 0.0375. The van der Waals surface area contributed by atoms with E-state index in [4.69, 9.17) is 4.42 Å². The zero-order valence-corrected chi connectivity index (χ0v) is 14.3. The molecule has 0 spiro atoms. The standard InChI is InChI=1S/C20H14BrNO2/c21-14-7-5-13(6-8-14)11-20(23)22-15-9-10-19-17(12-15)16-3-1-2-4-18(16)24-19/h1-10,12H,11H2,(H,22,23). The van der Waals surface area contributed by atoms with Crippen molar-refractivity contribution >= 4 is 49.5 Å². The first-order chi connectivity index (χ1) is 11.7. The first-order valence-electron chi connectivity index (χ1n) is 7.65. The number of rotatable bonds is 3. The molecule has 1 heterocycles. The molecule has 3 nitrogen and oxygen atoms in total. The lowest BCUT2D eigenvalue weighted by atomic mass is 10.1. The van der Waals surface area contributed by atoms with E-state index in [1.54, 1.807) is 0 Å². The second kappa shape index (κ2) is 6.13. The summed E-state index contributed by atoms with van der Waals surface area (Å²) < 4.78 is 6.81. The van der Waals surface area contributed by atoms with Gasteiger partial charge < -0.3 is 9.73 Å². The predicted molar refractivity (Wildman–Crippen MR) is 100 cm³/mol. The first-order valence-corrected chi connectivity index (χ1v) is 8.44. The lowest BCUT2D eigenvalue weighted by Crippen LogP contribution is -2.14. The number of hydrogen-bond acceptors (Lipinski definition) is 2. The maximum atomic E-state index is 12.3. The van der Waals surface area contributed by atoms with Crippen LogP contribution in [0.1, 0.15) is 5.56 Å². The van der Waals surface area contributed by atoms with Gasteiger partial charge in [-0.05, 0) is 42.0 Å². The second-order valence-corrected chi connectivity index (χ2v) is 6.58. The van der Waals surface area contributed by atoms with Gasteiger partial charge in [0, 0.05) is 20.9 Å². The number of furan rings is 1. The van der Waals surface area contributed by atoms with Crippen molar-refractivity contribution in [3.63, 3.8) is 0 Å². The van der Waals surface area contributed by atoms with E-state index in [0.717, 1.165) is 37.7 Å². The third kappa shape index (κ3) is 2.93. The van der Waals surface area contributed by atoms with Crippen LogP contribution in [0.25, 0.3) is 21.9 Å². The fourth-order valence-corrected chi connectivity index (χ4v) is 3.06. The average molecular weight is 380 g/mol. The lowest BCUT2D eigenvalue weighted by molar-refractivity contribution is -0.115. The molecule has 1 amide bonds. The van der Waals surface area contributed by atoms with Gasteiger partial charge >= 0.3 is 0 Å². The summed E-state index contributed by atoms with van der Waals surface area (Å²) in [7, 11) is 0. The summed E-state index contributed by atoms with van der Waals surface area (Å²) in [5.74, 6) is -0.0375. The van der Waals surface area contributed by atoms with Crippen molar-refractivity contribution in [2.24, 2.45) is 0 Å². The van der Waals surface area contributed by atoms with Crippen LogP contribution in [-0.4, -0.2) is 5.91 Å². The van der Waals surface area contributed by atoms with Crippen molar-refractivity contribution in [2.45, 2.75) is 6.42 Å². The van der Waals surface area contributed by atoms with Crippen molar-refractivity contribution in [3.8, 4) is 0 Å². The first kappa shape index (κ1) is 15.0. The van der Waals surface area contributed by atoms with E-state index >= 15 is 0 Å². The van der Waals surface area contributed by atoms with E-state index in [1.807, 2.05) is 66.7 Å². The van der Waals surface area contributed by atoms with Crippen LogP contribution in [0.2, 0.25) is 0 Å². The number of amides is 1. The minimum atomic E-state index is -0.0375. The minimum Gasteiger partial charge on any atom is -0.456 e. The Balaban J connectivity index is 1.58. The third-order valence-electron chi connectivity index (χ3n) is 3.94. The molecule has 0 fully saturated rings. The van der Waals surface area contributed by atoms with Gasteiger partial charge in [0.2, 0.25) is 5.91 Å². The Bertz CT molecular complexity index is 1030. The Kier molecular flexibility index (Phi) is 3.82. The Morgan fingerprint density at radius 3 is 2.50 bits per heavy atom. The van der Waals surface area contributed by atoms with Gasteiger partial charge in [-0.1, -0.05) is 46.3 Å². The quantitative estimate of drug-likeness (QED) is 0.508. The summed E-state index contributed by atoms with van der Waals surface area (Å²) in [6.45, 7) is 0. The molecule has 0 aliphatic heterocycles. The molecule has 4 rings (SSSR count). The van der Waals surface area contributed by atoms with Crippen LogP contribution in [0.5, 0.6) is 0 Å². The highest BCUT2D eigenvalue weighted by Crippen LogP contribution is 2.30. The van der Waals surface area contributed by atoms with E-state index in [1.165, 1.54) is 0 Å². The van der Waals surface area contributed by atoms with Gasteiger partial charge in [-0.15, -0.1) is 0 Å². The molecule has 0 bridgehead atoms. The summed E-state index contributed by atoms with van der Waals surface area (Å²) in [5.41, 5.74) is 3.43. The molecule has 24 heavy (non-hydrogen) atoms. The molecule has 4 heteroatoms. The van der Waals surface area contributed by atoms with E-state index < -0.39 is 0 Å². The van der Waals surface area contributed by atoms with Crippen molar-refractivity contribution < 1.29 is 9.21 Å². The number of nitrogens with one attached hydrogen (secondary N) is 1. The number of anilines is 1. The van der Waals surface area contributed by atoms with Gasteiger partial charge in [0.1, 0.15) is 11.2 Å². The van der Waals surface area contributed by atoms with Crippen molar-refractivity contribution in [1.82, 2.24) is 0 Å². The van der Waals surface area contributed by atoms with Crippen molar-refractivity contribution in [1.29, 1.82) is 0 Å². The number of benzene rings is 3. The molecule has 0 saturated heterocycles. The van der Waals surface area contributed by atoms with Gasteiger partial charge in [0.05, 0.1) is 6.42 Å². The van der Waals surface area contributed by atoms with Crippen LogP contribution in [0.4, 0.5) is 5.69 Å². The monoisotopic (exact) mass is 379 g/mol. The van der Waals surface area contributed by atoms with Crippen molar-refractivity contribution in [2.75, 3.05) is 5.32 Å². The summed E-state index contributed by atoms with van der Waals surface area (Å²) in [5, 5.41) is 5.02. The molecular weight excluding hydrogens is 366 g/mol. The SMILES string of the molecule is O=C(Cc1ccc(Br)cc1)Nc1ccc2oc3ccccc3c2c1. The summed E-state index contributed by atoms with van der Waals surface area (Å²) in [6, 6.07) is 21.4. The smallest absolute Gasteiger partial charge is 0.228 e. The molecule has 0 unspecified atom stereocenters. The van der Waals surface area contributed by atoms with E-state index in [2.05, 4.69) is 21.2 Å². The van der Waals surface area contributed by atoms with Crippen LogP contribution < -0.4 is 5.32 Å². The third-order valence-corrected chi connectivity index (χ3v) is 4.47. The van der Waals surface area contributed by atoms with Gasteiger partial charge in [-0.3, -0.25) is 4.79 Å². The molecule has 0 aliphatic carbocycles. The summed E-state index contributed by atoms with van der Waals surface area (Å²) in [4.78, 5) is 12.3. The second-order valence-electron chi connectivity index (χ2n) is 5.66.